The Morgan fingerprint density at radius 3 is 2.92 bits per heavy atom. The van der Waals surface area contributed by atoms with Crippen molar-refractivity contribution in [2.75, 3.05) is 5.75 Å². The summed E-state index contributed by atoms with van der Waals surface area (Å²) in [5.41, 5.74) is 0. The van der Waals surface area contributed by atoms with Gasteiger partial charge in [0.25, 0.3) is 0 Å². The molecule has 2 aromatic heterocycles. The number of hydrogen-bond acceptors (Lipinski definition) is 5. The fraction of sp³-hybridized carbons (Fsp3) is 0.632. The zero-order valence-electron chi connectivity index (χ0n) is 15.4. The summed E-state index contributed by atoms with van der Waals surface area (Å²) in [4.78, 5) is 12.0. The van der Waals surface area contributed by atoms with Crippen LogP contribution in [0.2, 0.25) is 0 Å². The van der Waals surface area contributed by atoms with Crippen molar-refractivity contribution >= 4 is 17.7 Å². The third kappa shape index (κ3) is 5.37. The van der Waals surface area contributed by atoms with Crippen LogP contribution in [0, 0.1) is 5.92 Å². The van der Waals surface area contributed by atoms with Crippen molar-refractivity contribution < 1.29 is 9.21 Å². The molecule has 3 rings (SSSR count). The molecule has 0 aromatic carbocycles. The standard InChI is InChI=1S/C19H28N4O2S/c1-2-23-17(11-10-15-7-4-3-5-8-15)21-22-19(23)26-14-18(24)20-13-16-9-6-12-25-16/h6,9,12,15H,2-5,7-8,10-11,13-14H2,1H3,(H,20,24). The largest absolute Gasteiger partial charge is 0.467 e. The van der Waals surface area contributed by atoms with Crippen LogP contribution in [0.3, 0.4) is 0 Å². The molecule has 0 atom stereocenters. The van der Waals surface area contributed by atoms with Crippen LogP contribution in [0.25, 0.3) is 0 Å². The molecule has 2 aromatic rings. The summed E-state index contributed by atoms with van der Waals surface area (Å²) < 4.78 is 7.36. The lowest BCUT2D eigenvalue weighted by Crippen LogP contribution is -2.24. The molecule has 1 aliphatic carbocycles. The van der Waals surface area contributed by atoms with Gasteiger partial charge in [-0.1, -0.05) is 43.9 Å². The number of nitrogens with one attached hydrogen (secondary N) is 1. The average molecular weight is 377 g/mol. The minimum Gasteiger partial charge on any atom is -0.467 e. The van der Waals surface area contributed by atoms with Gasteiger partial charge < -0.3 is 14.3 Å². The summed E-state index contributed by atoms with van der Waals surface area (Å²) in [6.45, 7) is 3.36. The molecule has 0 radical (unpaired) electrons. The molecule has 6 nitrogen and oxygen atoms in total. The van der Waals surface area contributed by atoms with Gasteiger partial charge in [-0.3, -0.25) is 4.79 Å². The molecule has 26 heavy (non-hydrogen) atoms. The van der Waals surface area contributed by atoms with Crippen LogP contribution in [0.4, 0.5) is 0 Å². The number of aryl methyl sites for hydroxylation is 1. The van der Waals surface area contributed by atoms with Crippen molar-refractivity contribution in [3.05, 3.63) is 30.0 Å². The van der Waals surface area contributed by atoms with Crippen molar-refractivity contribution in [2.24, 2.45) is 5.92 Å². The van der Waals surface area contributed by atoms with Gasteiger partial charge in [-0.25, -0.2) is 0 Å². The van der Waals surface area contributed by atoms with E-state index in [-0.39, 0.29) is 5.91 Å². The van der Waals surface area contributed by atoms with E-state index in [9.17, 15) is 4.79 Å². The Bertz CT molecular complexity index is 678. The second-order valence-corrected chi connectivity index (χ2v) is 7.77. The van der Waals surface area contributed by atoms with Gasteiger partial charge in [-0.2, -0.15) is 0 Å². The molecular weight excluding hydrogens is 348 g/mol. The normalized spacial score (nSPS) is 15.3. The first-order chi connectivity index (χ1) is 12.8. The van der Waals surface area contributed by atoms with E-state index in [1.165, 1.54) is 50.3 Å². The highest BCUT2D eigenvalue weighted by Gasteiger charge is 2.17. The maximum absolute atomic E-state index is 12.0. The van der Waals surface area contributed by atoms with Crippen LogP contribution in [-0.2, 0) is 24.3 Å². The van der Waals surface area contributed by atoms with Crippen LogP contribution in [-0.4, -0.2) is 26.4 Å². The number of nitrogens with zero attached hydrogens (tertiary/aromatic N) is 3. The van der Waals surface area contributed by atoms with Crippen molar-refractivity contribution in [3.63, 3.8) is 0 Å². The van der Waals surface area contributed by atoms with Crippen molar-refractivity contribution in [2.45, 2.75) is 70.1 Å². The smallest absolute Gasteiger partial charge is 0.230 e. The number of amides is 1. The summed E-state index contributed by atoms with van der Waals surface area (Å²) in [6, 6.07) is 3.66. The molecule has 1 fully saturated rings. The van der Waals surface area contributed by atoms with Crippen LogP contribution in [0.1, 0.15) is 57.0 Å². The van der Waals surface area contributed by atoms with Crippen molar-refractivity contribution in [1.29, 1.82) is 0 Å². The molecule has 0 aliphatic heterocycles. The fourth-order valence-electron chi connectivity index (χ4n) is 3.52. The Kier molecular flexibility index (Phi) is 7.17. The van der Waals surface area contributed by atoms with Crippen LogP contribution >= 0.6 is 11.8 Å². The number of furan rings is 1. The van der Waals surface area contributed by atoms with E-state index < -0.39 is 0 Å². The SMILES string of the molecule is CCn1c(CCC2CCCCC2)nnc1SCC(=O)NCc1ccco1. The summed E-state index contributed by atoms with van der Waals surface area (Å²) >= 11 is 1.45. The van der Waals surface area contributed by atoms with E-state index >= 15 is 0 Å². The molecule has 2 heterocycles. The van der Waals surface area contributed by atoms with Gasteiger partial charge in [-0.05, 0) is 31.4 Å². The fourth-order valence-corrected chi connectivity index (χ4v) is 4.37. The second kappa shape index (κ2) is 9.80. The number of hydrogen-bond donors (Lipinski definition) is 1. The summed E-state index contributed by atoms with van der Waals surface area (Å²) in [5.74, 6) is 2.96. The van der Waals surface area contributed by atoms with Gasteiger partial charge in [0.1, 0.15) is 11.6 Å². The molecule has 1 amide bonds. The zero-order chi connectivity index (χ0) is 18.2. The predicted octanol–water partition coefficient (Wildman–Crippen LogP) is 3.81. The Labute approximate surface area is 159 Å². The Balaban J connectivity index is 1.46. The molecule has 0 bridgehead atoms. The highest BCUT2D eigenvalue weighted by Crippen LogP contribution is 2.27. The zero-order valence-corrected chi connectivity index (χ0v) is 16.3. The van der Waals surface area contributed by atoms with E-state index in [0.29, 0.717) is 12.3 Å². The van der Waals surface area contributed by atoms with E-state index in [0.717, 1.165) is 35.6 Å². The highest BCUT2D eigenvalue weighted by atomic mass is 32.2. The third-order valence-corrected chi connectivity index (χ3v) is 5.95. The molecule has 0 saturated heterocycles. The molecule has 0 unspecified atom stereocenters. The van der Waals surface area contributed by atoms with Crippen LogP contribution < -0.4 is 5.32 Å². The highest BCUT2D eigenvalue weighted by molar-refractivity contribution is 7.99. The van der Waals surface area contributed by atoms with Gasteiger partial charge in [0.05, 0.1) is 18.6 Å². The first-order valence-electron chi connectivity index (χ1n) is 9.60. The number of carbonyl (C=O) groups is 1. The Morgan fingerprint density at radius 2 is 2.19 bits per heavy atom. The average Bonchev–Trinajstić information content (AvgIpc) is 3.33. The number of aromatic nitrogens is 3. The number of carbonyl (C=O) groups excluding carboxylic acids is 1. The first kappa shape index (κ1) is 19.0. The molecule has 7 heteroatoms. The van der Waals surface area contributed by atoms with Gasteiger partial charge in [-0.15, -0.1) is 10.2 Å². The maximum atomic E-state index is 12.0. The van der Waals surface area contributed by atoms with E-state index in [1.807, 2.05) is 12.1 Å². The van der Waals surface area contributed by atoms with Crippen molar-refractivity contribution in [1.82, 2.24) is 20.1 Å². The molecule has 1 saturated carbocycles. The Morgan fingerprint density at radius 1 is 1.35 bits per heavy atom. The lowest BCUT2D eigenvalue weighted by molar-refractivity contribution is -0.118. The summed E-state index contributed by atoms with van der Waals surface area (Å²) in [5, 5.41) is 12.4. The van der Waals surface area contributed by atoms with Crippen molar-refractivity contribution in [3.8, 4) is 0 Å². The molecule has 0 spiro atoms. The molecular formula is C19H28N4O2S. The van der Waals surface area contributed by atoms with Gasteiger partial charge in [0.15, 0.2) is 5.16 Å². The lowest BCUT2D eigenvalue weighted by atomic mass is 9.86. The topological polar surface area (TPSA) is 73.0 Å². The van der Waals surface area contributed by atoms with Gasteiger partial charge in [0.2, 0.25) is 5.91 Å². The third-order valence-electron chi connectivity index (χ3n) is 4.98. The number of rotatable bonds is 9. The second-order valence-electron chi connectivity index (χ2n) is 6.83. The maximum Gasteiger partial charge on any atom is 0.230 e. The van der Waals surface area contributed by atoms with Crippen LogP contribution in [0.5, 0.6) is 0 Å². The lowest BCUT2D eigenvalue weighted by Gasteiger charge is -2.21. The van der Waals surface area contributed by atoms with E-state index in [2.05, 4.69) is 27.0 Å². The minimum atomic E-state index is -0.0270. The minimum absolute atomic E-state index is 0.0270. The summed E-state index contributed by atoms with van der Waals surface area (Å²) in [7, 11) is 0. The molecule has 1 N–H and O–H groups in total. The van der Waals surface area contributed by atoms with E-state index in [4.69, 9.17) is 4.42 Å². The number of thioether (sulfide) groups is 1. The van der Waals surface area contributed by atoms with Gasteiger partial charge >= 0.3 is 0 Å². The summed E-state index contributed by atoms with van der Waals surface area (Å²) in [6.07, 6.45) is 10.6. The molecule has 142 valence electrons. The van der Waals surface area contributed by atoms with E-state index in [1.54, 1.807) is 6.26 Å². The van der Waals surface area contributed by atoms with Gasteiger partial charge in [0, 0.05) is 13.0 Å². The Hall–Kier alpha value is -1.76. The first-order valence-corrected chi connectivity index (χ1v) is 10.6. The van der Waals surface area contributed by atoms with Crippen LogP contribution in [0.15, 0.2) is 28.0 Å². The molecule has 1 aliphatic rings. The predicted molar refractivity (Wildman–Crippen MR) is 102 cm³/mol. The monoisotopic (exact) mass is 376 g/mol. The quantitative estimate of drug-likeness (QED) is 0.674.